The highest BCUT2D eigenvalue weighted by molar-refractivity contribution is 7.88. The number of sulfonamides is 1. The van der Waals surface area contributed by atoms with E-state index in [4.69, 9.17) is 5.73 Å². The van der Waals surface area contributed by atoms with Crippen molar-refractivity contribution >= 4 is 10.0 Å². The minimum atomic E-state index is -3.24. The van der Waals surface area contributed by atoms with Gasteiger partial charge in [0.15, 0.2) is 0 Å². The molecule has 0 aliphatic carbocycles. The molecular formula is C12H19N3O2S. The monoisotopic (exact) mass is 269 g/mol. The van der Waals surface area contributed by atoms with Crippen molar-refractivity contribution in [3.8, 4) is 0 Å². The molecule has 0 aromatic carbocycles. The molecular weight excluding hydrogens is 250 g/mol. The Kier molecular flexibility index (Phi) is 4.31. The number of hydrogen-bond acceptors (Lipinski definition) is 4. The molecule has 5 nitrogen and oxygen atoms in total. The summed E-state index contributed by atoms with van der Waals surface area (Å²) < 4.78 is 26.1. The number of nitrogens with zero attached hydrogens (tertiary/aromatic N) is 2. The molecule has 0 unspecified atom stereocenters. The van der Waals surface area contributed by atoms with Gasteiger partial charge in [-0.3, -0.25) is 4.98 Å². The summed E-state index contributed by atoms with van der Waals surface area (Å²) in [5, 5.41) is 0. The summed E-state index contributed by atoms with van der Waals surface area (Å²) in [6, 6.07) is 3.54. The molecule has 2 N–H and O–H groups in total. The van der Waals surface area contributed by atoms with E-state index in [0.717, 1.165) is 18.4 Å². The minimum absolute atomic E-state index is 0.0259. The van der Waals surface area contributed by atoms with Crippen molar-refractivity contribution < 1.29 is 8.42 Å². The summed E-state index contributed by atoms with van der Waals surface area (Å²) in [5.41, 5.74) is 6.36. The Labute approximate surface area is 108 Å². The lowest BCUT2D eigenvalue weighted by Gasteiger charge is -2.31. The molecule has 1 aromatic heterocycles. The molecule has 1 aliphatic heterocycles. The van der Waals surface area contributed by atoms with Crippen LogP contribution in [0.25, 0.3) is 0 Å². The molecule has 18 heavy (non-hydrogen) atoms. The molecule has 1 atom stereocenters. The third-order valence-corrected chi connectivity index (χ3v) is 5.10. The Hall–Kier alpha value is -0.980. The number of rotatable bonds is 4. The van der Waals surface area contributed by atoms with Crippen LogP contribution in [0.4, 0.5) is 0 Å². The van der Waals surface area contributed by atoms with Crippen molar-refractivity contribution in [1.29, 1.82) is 0 Å². The lowest BCUT2D eigenvalue weighted by atomic mass is 10.0. The zero-order valence-electron chi connectivity index (χ0n) is 10.3. The van der Waals surface area contributed by atoms with Gasteiger partial charge in [0.1, 0.15) is 0 Å². The number of nitrogens with two attached hydrogens (primary N) is 1. The van der Waals surface area contributed by atoms with Crippen LogP contribution in [0, 0.1) is 5.92 Å². The lowest BCUT2D eigenvalue weighted by Crippen LogP contribution is -2.42. The highest BCUT2D eigenvalue weighted by atomic mass is 32.2. The summed E-state index contributed by atoms with van der Waals surface area (Å²) in [4.78, 5) is 3.94. The normalized spacial score (nSPS) is 21.9. The Morgan fingerprint density at radius 1 is 1.50 bits per heavy atom. The fraction of sp³-hybridized carbons (Fsp3) is 0.583. The van der Waals surface area contributed by atoms with Gasteiger partial charge in [-0.2, -0.15) is 0 Å². The minimum Gasteiger partial charge on any atom is -0.330 e. The maximum atomic E-state index is 12.3. The van der Waals surface area contributed by atoms with E-state index in [2.05, 4.69) is 4.98 Å². The smallest absolute Gasteiger partial charge is 0.218 e. The predicted octanol–water partition coefficient (Wildman–Crippen LogP) is 0.582. The Balaban J connectivity index is 2.06. The van der Waals surface area contributed by atoms with Crippen molar-refractivity contribution in [3.05, 3.63) is 30.1 Å². The second-order valence-electron chi connectivity index (χ2n) is 4.72. The molecule has 0 radical (unpaired) electrons. The fourth-order valence-electron chi connectivity index (χ4n) is 2.26. The summed E-state index contributed by atoms with van der Waals surface area (Å²) >= 11 is 0. The van der Waals surface area contributed by atoms with Crippen LogP contribution in [0.1, 0.15) is 18.4 Å². The predicted molar refractivity (Wildman–Crippen MR) is 70.2 cm³/mol. The zero-order valence-corrected chi connectivity index (χ0v) is 11.1. The molecule has 1 aromatic rings. The van der Waals surface area contributed by atoms with E-state index < -0.39 is 10.0 Å². The molecule has 100 valence electrons. The average molecular weight is 269 g/mol. The van der Waals surface area contributed by atoms with Gasteiger partial charge in [-0.05, 0) is 36.9 Å². The molecule has 0 saturated carbocycles. The molecule has 0 spiro atoms. The van der Waals surface area contributed by atoms with E-state index in [1.165, 1.54) is 0 Å². The second kappa shape index (κ2) is 5.77. The summed E-state index contributed by atoms with van der Waals surface area (Å²) in [6.07, 6.45) is 5.16. The van der Waals surface area contributed by atoms with Crippen molar-refractivity contribution in [1.82, 2.24) is 9.29 Å². The largest absolute Gasteiger partial charge is 0.330 e. The lowest BCUT2D eigenvalue weighted by molar-refractivity contribution is 0.271. The summed E-state index contributed by atoms with van der Waals surface area (Å²) in [6.45, 7) is 1.72. The SMILES string of the molecule is NC[C@H]1CCCN(S(=O)(=O)Cc2cccnc2)C1. The molecule has 1 fully saturated rings. The van der Waals surface area contributed by atoms with Crippen molar-refractivity contribution in [2.75, 3.05) is 19.6 Å². The van der Waals surface area contributed by atoms with Crippen molar-refractivity contribution in [3.63, 3.8) is 0 Å². The molecule has 6 heteroatoms. The van der Waals surface area contributed by atoms with Crippen LogP contribution in [0.15, 0.2) is 24.5 Å². The fourth-order valence-corrected chi connectivity index (χ4v) is 3.88. The van der Waals surface area contributed by atoms with Crippen LogP contribution in [-0.4, -0.2) is 37.3 Å². The van der Waals surface area contributed by atoms with Gasteiger partial charge in [-0.1, -0.05) is 6.07 Å². The molecule has 0 amide bonds. The molecule has 0 bridgehead atoms. The van der Waals surface area contributed by atoms with Crippen molar-refractivity contribution in [2.45, 2.75) is 18.6 Å². The van der Waals surface area contributed by atoms with E-state index in [0.29, 0.717) is 25.6 Å². The van der Waals surface area contributed by atoms with Crippen LogP contribution < -0.4 is 5.73 Å². The van der Waals surface area contributed by atoms with Crippen LogP contribution in [0.2, 0.25) is 0 Å². The molecule has 1 aliphatic rings. The van der Waals surface area contributed by atoms with Crippen LogP contribution in [0.3, 0.4) is 0 Å². The van der Waals surface area contributed by atoms with Gasteiger partial charge >= 0.3 is 0 Å². The van der Waals surface area contributed by atoms with E-state index in [-0.39, 0.29) is 5.75 Å². The van der Waals surface area contributed by atoms with E-state index in [1.54, 1.807) is 28.8 Å². The number of piperidine rings is 1. The Bertz CT molecular complexity index is 475. The number of hydrogen-bond donors (Lipinski definition) is 1. The number of aromatic nitrogens is 1. The summed E-state index contributed by atoms with van der Waals surface area (Å²) in [5.74, 6) is 0.320. The first-order valence-corrected chi connectivity index (χ1v) is 7.79. The van der Waals surface area contributed by atoms with Gasteiger partial charge in [0.2, 0.25) is 10.0 Å². The standard InChI is InChI=1S/C12H19N3O2S/c13-7-11-4-2-6-15(9-11)18(16,17)10-12-3-1-5-14-8-12/h1,3,5,8,11H,2,4,6-7,9-10,13H2/t11-/m1/s1. The van der Waals surface area contributed by atoms with E-state index >= 15 is 0 Å². The topological polar surface area (TPSA) is 76.3 Å². The zero-order chi connectivity index (χ0) is 13.0. The second-order valence-corrected chi connectivity index (χ2v) is 6.69. The Morgan fingerprint density at radius 3 is 3.00 bits per heavy atom. The first-order valence-electron chi connectivity index (χ1n) is 6.18. The highest BCUT2D eigenvalue weighted by Gasteiger charge is 2.28. The van der Waals surface area contributed by atoms with Crippen LogP contribution in [0.5, 0.6) is 0 Å². The third kappa shape index (κ3) is 3.28. The summed E-state index contributed by atoms with van der Waals surface area (Å²) in [7, 11) is -3.24. The first kappa shape index (κ1) is 13.5. The third-order valence-electron chi connectivity index (χ3n) is 3.28. The van der Waals surface area contributed by atoms with Gasteiger partial charge in [0.25, 0.3) is 0 Å². The maximum absolute atomic E-state index is 12.3. The molecule has 1 saturated heterocycles. The van der Waals surface area contributed by atoms with E-state index in [9.17, 15) is 8.42 Å². The maximum Gasteiger partial charge on any atom is 0.218 e. The molecule has 2 heterocycles. The first-order chi connectivity index (χ1) is 8.62. The van der Waals surface area contributed by atoms with Gasteiger partial charge < -0.3 is 5.73 Å². The van der Waals surface area contributed by atoms with Gasteiger partial charge in [0, 0.05) is 25.5 Å². The highest BCUT2D eigenvalue weighted by Crippen LogP contribution is 2.20. The van der Waals surface area contributed by atoms with Gasteiger partial charge in [0.05, 0.1) is 5.75 Å². The quantitative estimate of drug-likeness (QED) is 0.867. The Morgan fingerprint density at radius 2 is 2.33 bits per heavy atom. The van der Waals surface area contributed by atoms with Gasteiger partial charge in [-0.15, -0.1) is 0 Å². The van der Waals surface area contributed by atoms with E-state index in [1.807, 2.05) is 0 Å². The van der Waals surface area contributed by atoms with Gasteiger partial charge in [-0.25, -0.2) is 12.7 Å². The van der Waals surface area contributed by atoms with Crippen molar-refractivity contribution in [2.24, 2.45) is 11.7 Å². The number of pyridine rings is 1. The molecule has 2 rings (SSSR count). The van der Waals surface area contributed by atoms with Crippen LogP contribution in [-0.2, 0) is 15.8 Å². The average Bonchev–Trinajstić information content (AvgIpc) is 2.39. The van der Waals surface area contributed by atoms with Crippen LogP contribution >= 0.6 is 0 Å².